The fourth-order valence-electron chi connectivity index (χ4n) is 4.85. The first kappa shape index (κ1) is 28.9. The number of nitrogens with zero attached hydrogens (tertiary/aromatic N) is 6. The standard InChI is InChI=1S/C28H31F3N6O3S/c1-20(38)35-13-15-37(16-14-35)26(39)23-8-7-22(40-23)19-41-27-32-24(28(29,30)31)17-25(33-27)36-11-9-34(10-12-36)18-21-5-3-2-4-6-21/h2-8,17H,9-16,18-19H2,1H3. The molecule has 0 atom stereocenters. The van der Waals surface area contributed by atoms with Gasteiger partial charge in [-0.2, -0.15) is 13.2 Å². The molecule has 0 radical (unpaired) electrons. The van der Waals surface area contributed by atoms with Crippen LogP contribution in [0, 0.1) is 0 Å². The first-order chi connectivity index (χ1) is 19.7. The third-order valence-electron chi connectivity index (χ3n) is 7.16. The van der Waals surface area contributed by atoms with E-state index in [2.05, 4.69) is 27.0 Å². The van der Waals surface area contributed by atoms with Crippen molar-refractivity contribution in [2.24, 2.45) is 0 Å². The van der Waals surface area contributed by atoms with Crippen LogP contribution in [0.25, 0.3) is 0 Å². The molecule has 218 valence electrons. The Labute approximate surface area is 240 Å². The van der Waals surface area contributed by atoms with E-state index in [0.29, 0.717) is 58.1 Å². The van der Waals surface area contributed by atoms with Gasteiger partial charge in [0.25, 0.3) is 5.91 Å². The molecule has 2 aliphatic rings. The Bertz CT molecular complexity index is 1350. The highest BCUT2D eigenvalue weighted by molar-refractivity contribution is 7.98. The van der Waals surface area contributed by atoms with E-state index < -0.39 is 11.9 Å². The summed E-state index contributed by atoms with van der Waals surface area (Å²) < 4.78 is 46.8. The SMILES string of the molecule is CC(=O)N1CCN(C(=O)c2ccc(CSc3nc(N4CCN(Cc5ccccc5)CC4)cc(C(F)(F)F)n3)o2)CC1. The number of anilines is 1. The third kappa shape index (κ3) is 7.39. The molecular weight excluding hydrogens is 557 g/mol. The summed E-state index contributed by atoms with van der Waals surface area (Å²) in [5, 5.41) is -0.00817. The number of amides is 2. The predicted octanol–water partition coefficient (Wildman–Crippen LogP) is 4.01. The maximum Gasteiger partial charge on any atom is 0.433 e. The first-order valence-electron chi connectivity index (χ1n) is 13.4. The van der Waals surface area contributed by atoms with Gasteiger partial charge < -0.3 is 19.1 Å². The van der Waals surface area contributed by atoms with Crippen LogP contribution in [0.1, 0.15) is 34.5 Å². The van der Waals surface area contributed by atoms with Gasteiger partial charge in [0.2, 0.25) is 5.91 Å². The number of hydrogen-bond acceptors (Lipinski definition) is 8. The van der Waals surface area contributed by atoms with Crippen molar-refractivity contribution in [2.75, 3.05) is 57.3 Å². The molecule has 2 aliphatic heterocycles. The molecule has 2 aromatic heterocycles. The molecule has 4 heterocycles. The van der Waals surface area contributed by atoms with E-state index in [1.54, 1.807) is 21.9 Å². The minimum atomic E-state index is -4.61. The van der Waals surface area contributed by atoms with Crippen molar-refractivity contribution in [2.45, 2.75) is 30.6 Å². The van der Waals surface area contributed by atoms with Crippen molar-refractivity contribution >= 4 is 29.4 Å². The quantitative estimate of drug-likeness (QED) is 0.303. The van der Waals surface area contributed by atoms with Crippen LogP contribution >= 0.6 is 11.8 Å². The number of alkyl halides is 3. The molecule has 2 fully saturated rings. The van der Waals surface area contributed by atoms with Crippen LogP contribution in [0.2, 0.25) is 0 Å². The molecule has 1 aromatic carbocycles. The number of thioether (sulfide) groups is 1. The maximum absolute atomic E-state index is 13.7. The molecule has 0 unspecified atom stereocenters. The third-order valence-corrected chi connectivity index (χ3v) is 8.03. The van der Waals surface area contributed by atoms with Gasteiger partial charge >= 0.3 is 6.18 Å². The number of aromatic nitrogens is 2. The zero-order valence-electron chi connectivity index (χ0n) is 22.6. The van der Waals surface area contributed by atoms with Crippen LogP contribution in [0.4, 0.5) is 19.0 Å². The van der Waals surface area contributed by atoms with Crippen molar-refractivity contribution in [1.29, 1.82) is 0 Å². The van der Waals surface area contributed by atoms with Crippen molar-refractivity contribution in [3.05, 3.63) is 71.3 Å². The summed E-state index contributed by atoms with van der Waals surface area (Å²) in [4.78, 5) is 40.0. The lowest BCUT2D eigenvalue weighted by atomic mass is 10.2. The van der Waals surface area contributed by atoms with Crippen molar-refractivity contribution in [1.82, 2.24) is 24.7 Å². The zero-order valence-corrected chi connectivity index (χ0v) is 23.5. The molecule has 2 amide bonds. The van der Waals surface area contributed by atoms with Crippen LogP contribution in [0.15, 0.2) is 58.1 Å². The van der Waals surface area contributed by atoms with Gasteiger partial charge in [-0.1, -0.05) is 42.1 Å². The molecule has 0 saturated carbocycles. The smallest absolute Gasteiger partial charge is 0.433 e. The van der Waals surface area contributed by atoms with Gasteiger partial charge in [-0.3, -0.25) is 14.5 Å². The van der Waals surface area contributed by atoms with Gasteiger partial charge in [-0.25, -0.2) is 9.97 Å². The lowest BCUT2D eigenvalue weighted by Crippen LogP contribution is -2.50. The van der Waals surface area contributed by atoms with E-state index in [1.165, 1.54) is 12.5 Å². The van der Waals surface area contributed by atoms with E-state index >= 15 is 0 Å². The Morgan fingerprint density at radius 2 is 1.59 bits per heavy atom. The summed E-state index contributed by atoms with van der Waals surface area (Å²) in [5.74, 6) is 0.674. The maximum atomic E-state index is 13.7. The Kier molecular flexibility index (Phi) is 8.83. The second-order valence-corrected chi connectivity index (χ2v) is 10.9. The van der Waals surface area contributed by atoms with E-state index in [-0.39, 0.29) is 34.3 Å². The Morgan fingerprint density at radius 3 is 2.24 bits per heavy atom. The highest BCUT2D eigenvalue weighted by Gasteiger charge is 2.35. The number of rotatable bonds is 7. The molecule has 5 rings (SSSR count). The molecule has 13 heteroatoms. The minimum Gasteiger partial charge on any atom is -0.455 e. The highest BCUT2D eigenvalue weighted by Crippen LogP contribution is 2.33. The molecule has 0 N–H and O–H groups in total. The van der Waals surface area contributed by atoms with Crippen molar-refractivity contribution in [3.63, 3.8) is 0 Å². The Morgan fingerprint density at radius 1 is 0.902 bits per heavy atom. The van der Waals surface area contributed by atoms with Gasteiger partial charge in [0.15, 0.2) is 16.6 Å². The summed E-state index contributed by atoms with van der Waals surface area (Å²) in [6.07, 6.45) is -4.61. The van der Waals surface area contributed by atoms with Gasteiger partial charge in [0.1, 0.15) is 11.6 Å². The minimum absolute atomic E-state index is 0.00817. The molecule has 3 aromatic rings. The monoisotopic (exact) mass is 588 g/mol. The number of benzene rings is 1. The predicted molar refractivity (Wildman–Crippen MR) is 147 cm³/mol. The molecule has 9 nitrogen and oxygen atoms in total. The molecular formula is C28H31F3N6O3S. The number of furan rings is 1. The largest absolute Gasteiger partial charge is 0.455 e. The average molecular weight is 589 g/mol. The summed E-state index contributed by atoms with van der Waals surface area (Å²) in [6.45, 7) is 6.53. The average Bonchev–Trinajstić information content (AvgIpc) is 3.45. The zero-order chi connectivity index (χ0) is 29.0. The molecule has 2 saturated heterocycles. The van der Waals surface area contributed by atoms with Gasteiger partial charge in [-0.05, 0) is 17.7 Å². The van der Waals surface area contributed by atoms with Crippen LogP contribution < -0.4 is 4.90 Å². The Hall–Kier alpha value is -3.58. The van der Waals surface area contributed by atoms with Crippen molar-refractivity contribution < 1.29 is 27.2 Å². The fraction of sp³-hybridized carbons (Fsp3) is 0.429. The normalized spacial score (nSPS) is 16.7. The van der Waals surface area contributed by atoms with Crippen LogP contribution in [0.3, 0.4) is 0 Å². The van der Waals surface area contributed by atoms with E-state index in [0.717, 1.165) is 24.4 Å². The van der Waals surface area contributed by atoms with Crippen molar-refractivity contribution in [3.8, 4) is 0 Å². The number of halogens is 3. The number of piperazine rings is 2. The van der Waals surface area contributed by atoms with E-state index in [4.69, 9.17) is 4.42 Å². The highest BCUT2D eigenvalue weighted by atomic mass is 32.2. The second kappa shape index (κ2) is 12.5. The van der Waals surface area contributed by atoms with Gasteiger partial charge in [-0.15, -0.1) is 0 Å². The van der Waals surface area contributed by atoms with Crippen LogP contribution in [-0.4, -0.2) is 88.8 Å². The fourth-order valence-corrected chi connectivity index (χ4v) is 5.60. The van der Waals surface area contributed by atoms with Crippen LogP contribution in [-0.2, 0) is 23.3 Å². The van der Waals surface area contributed by atoms with Crippen LogP contribution in [0.5, 0.6) is 0 Å². The molecule has 41 heavy (non-hydrogen) atoms. The Balaban J connectivity index is 1.21. The number of hydrogen-bond donors (Lipinski definition) is 0. The lowest BCUT2D eigenvalue weighted by molar-refractivity contribution is -0.141. The summed E-state index contributed by atoms with van der Waals surface area (Å²) in [6, 6.07) is 14.3. The molecule has 0 aliphatic carbocycles. The molecule has 0 spiro atoms. The van der Waals surface area contributed by atoms with E-state index in [1.807, 2.05) is 23.1 Å². The topological polar surface area (TPSA) is 86.0 Å². The summed E-state index contributed by atoms with van der Waals surface area (Å²) in [7, 11) is 0. The number of carbonyl (C=O) groups is 2. The molecule has 0 bridgehead atoms. The van der Waals surface area contributed by atoms with Gasteiger partial charge in [0.05, 0.1) is 5.75 Å². The second-order valence-electron chi connectivity index (χ2n) is 9.99. The van der Waals surface area contributed by atoms with E-state index in [9.17, 15) is 22.8 Å². The number of carbonyl (C=O) groups excluding carboxylic acids is 2. The lowest BCUT2D eigenvalue weighted by Gasteiger charge is -2.35. The summed E-state index contributed by atoms with van der Waals surface area (Å²) >= 11 is 1.03. The summed E-state index contributed by atoms with van der Waals surface area (Å²) in [5.41, 5.74) is 0.205. The first-order valence-corrected chi connectivity index (χ1v) is 14.4. The van der Waals surface area contributed by atoms with Gasteiger partial charge in [0, 0.05) is 71.9 Å².